The van der Waals surface area contributed by atoms with Gasteiger partial charge >= 0.3 is 6.09 Å². The van der Waals surface area contributed by atoms with Crippen LogP contribution >= 0.6 is 0 Å². The van der Waals surface area contributed by atoms with Crippen molar-refractivity contribution in [2.24, 2.45) is 0 Å². The molecule has 1 heterocycles. The van der Waals surface area contributed by atoms with Crippen LogP contribution in [0.4, 0.5) is 4.79 Å². The van der Waals surface area contributed by atoms with Crippen LogP contribution < -0.4 is 10.6 Å². The maximum Gasteiger partial charge on any atom is 0.407 e. The summed E-state index contributed by atoms with van der Waals surface area (Å²) in [5, 5.41) is 14.3. The molecule has 3 N–H and O–H groups in total. The zero-order valence-electron chi connectivity index (χ0n) is 8.87. The Morgan fingerprint density at radius 1 is 1.47 bits per heavy atom. The number of amides is 1. The number of alkyl carbamates (subject to hydrolysis) is 1. The van der Waals surface area contributed by atoms with Gasteiger partial charge in [-0.2, -0.15) is 0 Å². The highest BCUT2D eigenvalue weighted by molar-refractivity contribution is 5.67. The lowest BCUT2D eigenvalue weighted by molar-refractivity contribution is 0.118. The summed E-state index contributed by atoms with van der Waals surface area (Å²) in [6.07, 6.45) is -0.459. The number of hydrogen-bond acceptors (Lipinski definition) is 5. The number of carbonyl (C=O) groups is 1. The van der Waals surface area contributed by atoms with E-state index in [4.69, 9.17) is 5.11 Å². The van der Waals surface area contributed by atoms with Gasteiger partial charge in [-0.05, 0) is 0 Å². The average Bonchev–Trinajstić information content (AvgIpc) is 2.28. The molecule has 1 rings (SSSR count). The normalized spacial score (nSPS) is 17.4. The molecule has 0 bridgehead atoms. The van der Waals surface area contributed by atoms with Crippen molar-refractivity contribution in [2.45, 2.75) is 0 Å². The summed E-state index contributed by atoms with van der Waals surface area (Å²) in [6, 6.07) is 0. The predicted molar refractivity (Wildman–Crippen MR) is 55.7 cm³/mol. The van der Waals surface area contributed by atoms with E-state index in [2.05, 4.69) is 20.3 Å². The van der Waals surface area contributed by atoms with Crippen LogP contribution in [-0.2, 0) is 4.74 Å². The minimum atomic E-state index is -0.459. The first-order valence-electron chi connectivity index (χ1n) is 5.27. The summed E-state index contributed by atoms with van der Waals surface area (Å²) < 4.78 is 4.65. The lowest BCUT2D eigenvalue weighted by Gasteiger charge is -2.26. The first-order chi connectivity index (χ1) is 7.33. The second-order valence-corrected chi connectivity index (χ2v) is 3.38. The van der Waals surface area contributed by atoms with Gasteiger partial charge in [-0.15, -0.1) is 0 Å². The molecule has 0 atom stereocenters. The highest BCUT2D eigenvalue weighted by atomic mass is 16.6. The van der Waals surface area contributed by atoms with Gasteiger partial charge in [-0.25, -0.2) is 4.79 Å². The number of rotatable bonds is 5. The Morgan fingerprint density at radius 2 is 2.20 bits per heavy atom. The predicted octanol–water partition coefficient (Wildman–Crippen LogP) is -1.39. The Morgan fingerprint density at radius 3 is 2.87 bits per heavy atom. The van der Waals surface area contributed by atoms with Gasteiger partial charge in [0.05, 0.1) is 6.61 Å². The molecule has 0 aromatic carbocycles. The van der Waals surface area contributed by atoms with Crippen molar-refractivity contribution in [1.29, 1.82) is 0 Å². The Kier molecular flexibility index (Phi) is 6.06. The van der Waals surface area contributed by atoms with Gasteiger partial charge in [-0.3, -0.25) is 4.90 Å². The number of aliphatic hydroxyl groups is 1. The largest absolute Gasteiger partial charge is 0.447 e. The molecule has 0 radical (unpaired) electrons. The summed E-state index contributed by atoms with van der Waals surface area (Å²) in [7, 11) is 0. The fourth-order valence-electron chi connectivity index (χ4n) is 1.44. The van der Waals surface area contributed by atoms with Gasteiger partial charge in [0.25, 0.3) is 0 Å². The van der Waals surface area contributed by atoms with Crippen LogP contribution in [0.25, 0.3) is 0 Å². The van der Waals surface area contributed by atoms with E-state index in [0.717, 1.165) is 32.7 Å². The zero-order chi connectivity index (χ0) is 10.9. The van der Waals surface area contributed by atoms with E-state index >= 15 is 0 Å². The van der Waals surface area contributed by atoms with E-state index in [1.54, 1.807) is 0 Å². The third kappa shape index (κ3) is 5.56. The van der Waals surface area contributed by atoms with Crippen molar-refractivity contribution in [1.82, 2.24) is 15.5 Å². The number of nitrogens with one attached hydrogen (secondary N) is 2. The third-order valence-electron chi connectivity index (χ3n) is 2.23. The fourth-order valence-corrected chi connectivity index (χ4v) is 1.44. The standard InChI is InChI=1S/C9H19N3O3/c13-7-8-15-9(14)11-3-6-12-4-1-10-2-5-12/h10,13H,1-8H2,(H,11,14). The molecule has 0 saturated carbocycles. The molecule has 1 fully saturated rings. The van der Waals surface area contributed by atoms with Crippen LogP contribution in [0.1, 0.15) is 0 Å². The van der Waals surface area contributed by atoms with Crippen LogP contribution in [0.15, 0.2) is 0 Å². The van der Waals surface area contributed by atoms with E-state index in [-0.39, 0.29) is 13.2 Å². The quantitative estimate of drug-likeness (QED) is 0.529. The van der Waals surface area contributed by atoms with Crippen LogP contribution in [0, 0.1) is 0 Å². The number of nitrogens with zero attached hydrogens (tertiary/aromatic N) is 1. The highest BCUT2D eigenvalue weighted by Crippen LogP contribution is 1.90. The second kappa shape index (κ2) is 7.44. The van der Waals surface area contributed by atoms with E-state index in [0.29, 0.717) is 6.54 Å². The third-order valence-corrected chi connectivity index (χ3v) is 2.23. The molecule has 0 aliphatic carbocycles. The van der Waals surface area contributed by atoms with Crippen molar-refractivity contribution in [2.75, 3.05) is 52.5 Å². The molecule has 1 aliphatic heterocycles. The maximum atomic E-state index is 11.0. The van der Waals surface area contributed by atoms with Gasteiger partial charge in [0.1, 0.15) is 6.61 Å². The molecule has 88 valence electrons. The van der Waals surface area contributed by atoms with Crippen molar-refractivity contribution in [3.8, 4) is 0 Å². The first-order valence-corrected chi connectivity index (χ1v) is 5.27. The molecule has 0 aromatic rings. The second-order valence-electron chi connectivity index (χ2n) is 3.38. The Hall–Kier alpha value is -0.850. The van der Waals surface area contributed by atoms with E-state index in [9.17, 15) is 4.79 Å². The smallest absolute Gasteiger partial charge is 0.407 e. The Balaban J connectivity index is 1.97. The van der Waals surface area contributed by atoms with Gasteiger partial charge in [0, 0.05) is 39.3 Å². The van der Waals surface area contributed by atoms with E-state index < -0.39 is 6.09 Å². The lowest BCUT2D eigenvalue weighted by Crippen LogP contribution is -2.46. The average molecular weight is 217 g/mol. The first kappa shape index (κ1) is 12.2. The van der Waals surface area contributed by atoms with Gasteiger partial charge in [0.15, 0.2) is 0 Å². The van der Waals surface area contributed by atoms with Gasteiger partial charge in [-0.1, -0.05) is 0 Å². The summed E-state index contributed by atoms with van der Waals surface area (Å²) in [5.41, 5.74) is 0. The number of piperazine rings is 1. The molecule has 6 heteroatoms. The van der Waals surface area contributed by atoms with Crippen molar-refractivity contribution in [3.63, 3.8) is 0 Å². The van der Waals surface area contributed by atoms with Crippen molar-refractivity contribution < 1.29 is 14.6 Å². The Labute approximate surface area is 89.6 Å². The molecule has 15 heavy (non-hydrogen) atoms. The number of carbonyl (C=O) groups excluding carboxylic acids is 1. The van der Waals surface area contributed by atoms with Gasteiger partial charge < -0.3 is 20.5 Å². The molecule has 1 aliphatic rings. The topological polar surface area (TPSA) is 73.8 Å². The van der Waals surface area contributed by atoms with Crippen LogP contribution in [0.5, 0.6) is 0 Å². The summed E-state index contributed by atoms with van der Waals surface area (Å²) >= 11 is 0. The minimum absolute atomic E-state index is 0.0550. The fraction of sp³-hybridized carbons (Fsp3) is 0.889. The zero-order valence-corrected chi connectivity index (χ0v) is 8.87. The lowest BCUT2D eigenvalue weighted by atomic mass is 10.3. The molecule has 0 aromatic heterocycles. The molecule has 0 unspecified atom stereocenters. The summed E-state index contributed by atoms with van der Waals surface area (Å²) in [5.74, 6) is 0. The molecule has 0 spiro atoms. The number of hydrogen-bond donors (Lipinski definition) is 3. The van der Waals surface area contributed by atoms with Crippen LogP contribution in [0.3, 0.4) is 0 Å². The minimum Gasteiger partial charge on any atom is -0.447 e. The Bertz CT molecular complexity index is 183. The summed E-state index contributed by atoms with van der Waals surface area (Å²) in [4.78, 5) is 13.2. The SMILES string of the molecule is O=C(NCCN1CCNCC1)OCCO. The van der Waals surface area contributed by atoms with E-state index in [1.807, 2.05) is 0 Å². The van der Waals surface area contributed by atoms with Gasteiger partial charge in [0.2, 0.25) is 0 Å². The molecule has 6 nitrogen and oxygen atoms in total. The van der Waals surface area contributed by atoms with Crippen LogP contribution in [0.2, 0.25) is 0 Å². The summed E-state index contributed by atoms with van der Waals surface area (Å²) in [6.45, 7) is 5.41. The highest BCUT2D eigenvalue weighted by Gasteiger charge is 2.09. The monoisotopic (exact) mass is 217 g/mol. The number of ether oxygens (including phenoxy) is 1. The van der Waals surface area contributed by atoms with E-state index in [1.165, 1.54) is 0 Å². The maximum absolute atomic E-state index is 11.0. The van der Waals surface area contributed by atoms with Crippen molar-refractivity contribution in [3.05, 3.63) is 0 Å². The molecule has 1 saturated heterocycles. The number of aliphatic hydroxyl groups excluding tert-OH is 1. The molecular formula is C9H19N3O3. The van der Waals surface area contributed by atoms with Crippen molar-refractivity contribution >= 4 is 6.09 Å². The van der Waals surface area contributed by atoms with Crippen LogP contribution in [-0.4, -0.2) is 68.6 Å². The molecular weight excluding hydrogens is 198 g/mol. The molecule has 1 amide bonds.